The summed E-state index contributed by atoms with van der Waals surface area (Å²) < 4.78 is 6.25. The average Bonchev–Trinajstić information content (AvgIpc) is 2.78. The number of hydrogen-bond acceptors (Lipinski definition) is 4. The van der Waals surface area contributed by atoms with E-state index < -0.39 is 0 Å². The van der Waals surface area contributed by atoms with Gasteiger partial charge in [0.05, 0.1) is 18.6 Å². The minimum absolute atomic E-state index is 0.0104. The summed E-state index contributed by atoms with van der Waals surface area (Å²) in [7, 11) is 0. The first-order chi connectivity index (χ1) is 8.22. The lowest BCUT2D eigenvalue weighted by Crippen LogP contribution is -2.27. The van der Waals surface area contributed by atoms with Crippen molar-refractivity contribution in [1.29, 1.82) is 0 Å². The molecule has 0 spiro atoms. The van der Waals surface area contributed by atoms with Crippen molar-refractivity contribution in [2.45, 2.75) is 13.0 Å². The minimum atomic E-state index is -0.159. The van der Waals surface area contributed by atoms with Crippen molar-refractivity contribution in [1.82, 2.24) is 10.9 Å². The van der Waals surface area contributed by atoms with E-state index in [4.69, 9.17) is 4.74 Å². The Morgan fingerprint density at radius 2 is 2.41 bits per heavy atom. The summed E-state index contributed by atoms with van der Waals surface area (Å²) in [6.45, 7) is 2.86. The summed E-state index contributed by atoms with van der Waals surface area (Å²) in [4.78, 5) is 11.8. The standard InChI is InChI=1S/C12H15IN2O2/c1-2-17-12(16)10-7-14-15-11(10)8-4-3-5-9(13)6-8/h3-6,10-11,14-15H,2,7H2,1H3. The Morgan fingerprint density at radius 3 is 3.12 bits per heavy atom. The van der Waals surface area contributed by atoms with Gasteiger partial charge in [-0.2, -0.15) is 0 Å². The molecule has 0 saturated carbocycles. The number of benzene rings is 1. The molecule has 1 saturated heterocycles. The van der Waals surface area contributed by atoms with Crippen LogP contribution in [-0.2, 0) is 9.53 Å². The third-order valence-electron chi connectivity index (χ3n) is 2.78. The van der Waals surface area contributed by atoms with Crippen LogP contribution >= 0.6 is 22.6 Å². The molecule has 0 aromatic heterocycles. The molecule has 0 amide bonds. The van der Waals surface area contributed by atoms with E-state index in [0.717, 1.165) is 9.13 Å². The Hall–Kier alpha value is -0.660. The van der Waals surface area contributed by atoms with Gasteiger partial charge in [-0.05, 0) is 47.2 Å². The molecular weight excluding hydrogens is 331 g/mol. The van der Waals surface area contributed by atoms with Gasteiger partial charge in [-0.25, -0.2) is 5.43 Å². The third kappa shape index (κ3) is 2.97. The fraction of sp³-hybridized carbons (Fsp3) is 0.417. The Kier molecular flexibility index (Phi) is 4.36. The van der Waals surface area contributed by atoms with Gasteiger partial charge in [-0.1, -0.05) is 12.1 Å². The van der Waals surface area contributed by atoms with Crippen molar-refractivity contribution >= 4 is 28.6 Å². The largest absolute Gasteiger partial charge is 0.466 e. The molecule has 92 valence electrons. The van der Waals surface area contributed by atoms with Crippen molar-refractivity contribution in [2.24, 2.45) is 5.92 Å². The highest BCUT2D eigenvalue weighted by Crippen LogP contribution is 2.26. The molecule has 17 heavy (non-hydrogen) atoms. The fourth-order valence-corrected chi connectivity index (χ4v) is 2.55. The summed E-state index contributed by atoms with van der Waals surface area (Å²) in [5, 5.41) is 0. The lowest BCUT2D eigenvalue weighted by atomic mass is 9.95. The number of carbonyl (C=O) groups is 1. The van der Waals surface area contributed by atoms with E-state index in [1.165, 1.54) is 0 Å². The van der Waals surface area contributed by atoms with Crippen LogP contribution in [0.2, 0.25) is 0 Å². The third-order valence-corrected chi connectivity index (χ3v) is 3.45. The van der Waals surface area contributed by atoms with Crippen LogP contribution in [0.1, 0.15) is 18.5 Å². The number of nitrogens with one attached hydrogen (secondary N) is 2. The monoisotopic (exact) mass is 346 g/mol. The van der Waals surface area contributed by atoms with Crippen LogP contribution in [0.15, 0.2) is 24.3 Å². The van der Waals surface area contributed by atoms with Gasteiger partial charge < -0.3 is 4.74 Å². The molecule has 2 rings (SSSR count). The molecule has 0 bridgehead atoms. The number of hydrogen-bond donors (Lipinski definition) is 2. The highest BCUT2D eigenvalue weighted by molar-refractivity contribution is 14.1. The molecular formula is C12H15IN2O2. The van der Waals surface area contributed by atoms with E-state index in [9.17, 15) is 4.79 Å². The summed E-state index contributed by atoms with van der Waals surface area (Å²) in [6.07, 6.45) is 0. The maximum absolute atomic E-state index is 11.8. The average molecular weight is 346 g/mol. The maximum atomic E-state index is 11.8. The molecule has 0 aliphatic carbocycles. The SMILES string of the molecule is CCOC(=O)C1CNNC1c1cccc(I)c1. The Balaban J connectivity index is 2.17. The Labute approximate surface area is 114 Å². The number of esters is 1. The lowest BCUT2D eigenvalue weighted by molar-refractivity contribution is -0.147. The van der Waals surface area contributed by atoms with Crippen molar-refractivity contribution in [3.63, 3.8) is 0 Å². The lowest BCUT2D eigenvalue weighted by Gasteiger charge is -2.17. The molecule has 2 atom stereocenters. The number of halogens is 1. The molecule has 4 nitrogen and oxygen atoms in total. The zero-order valence-corrected chi connectivity index (χ0v) is 11.7. The molecule has 2 N–H and O–H groups in total. The second kappa shape index (κ2) is 5.79. The predicted octanol–water partition coefficient (Wildman–Crippen LogP) is 1.62. The summed E-state index contributed by atoms with van der Waals surface area (Å²) in [6, 6.07) is 8.13. The quantitative estimate of drug-likeness (QED) is 0.645. The van der Waals surface area contributed by atoms with Crippen LogP contribution in [0, 0.1) is 9.49 Å². The molecule has 1 aliphatic heterocycles. The van der Waals surface area contributed by atoms with Gasteiger partial charge in [0.15, 0.2) is 0 Å². The smallest absolute Gasteiger partial charge is 0.312 e. The van der Waals surface area contributed by atoms with E-state index >= 15 is 0 Å². The molecule has 1 aliphatic rings. The van der Waals surface area contributed by atoms with Crippen LogP contribution in [0.5, 0.6) is 0 Å². The van der Waals surface area contributed by atoms with Gasteiger partial charge in [-0.15, -0.1) is 0 Å². The zero-order chi connectivity index (χ0) is 12.3. The van der Waals surface area contributed by atoms with E-state index in [0.29, 0.717) is 13.2 Å². The first-order valence-corrected chi connectivity index (χ1v) is 6.70. The van der Waals surface area contributed by atoms with Gasteiger partial charge in [0.25, 0.3) is 0 Å². The second-order valence-corrected chi connectivity index (χ2v) is 5.16. The van der Waals surface area contributed by atoms with Gasteiger partial charge >= 0.3 is 5.97 Å². The van der Waals surface area contributed by atoms with Gasteiger partial charge in [0.1, 0.15) is 0 Å². The maximum Gasteiger partial charge on any atom is 0.312 e. The topological polar surface area (TPSA) is 50.4 Å². The highest BCUT2D eigenvalue weighted by Gasteiger charge is 2.34. The molecule has 0 radical (unpaired) electrons. The van der Waals surface area contributed by atoms with Crippen LogP contribution in [0.3, 0.4) is 0 Å². The van der Waals surface area contributed by atoms with Gasteiger partial charge in [-0.3, -0.25) is 10.2 Å². The second-order valence-electron chi connectivity index (χ2n) is 3.92. The highest BCUT2D eigenvalue weighted by atomic mass is 127. The van der Waals surface area contributed by atoms with Gasteiger partial charge in [0.2, 0.25) is 0 Å². The van der Waals surface area contributed by atoms with Crippen molar-refractivity contribution < 1.29 is 9.53 Å². The molecule has 1 aromatic rings. The summed E-state index contributed by atoms with van der Waals surface area (Å²) in [5.41, 5.74) is 7.27. The number of carbonyl (C=O) groups excluding carboxylic acids is 1. The Bertz CT molecular complexity index is 411. The number of ether oxygens (including phenoxy) is 1. The van der Waals surface area contributed by atoms with Crippen molar-refractivity contribution in [2.75, 3.05) is 13.2 Å². The summed E-state index contributed by atoms with van der Waals surface area (Å²) >= 11 is 2.27. The van der Waals surface area contributed by atoms with Gasteiger partial charge in [0, 0.05) is 10.1 Å². The normalized spacial score (nSPS) is 23.6. The predicted molar refractivity (Wildman–Crippen MR) is 73.2 cm³/mol. The number of hydrazine groups is 1. The molecule has 5 heteroatoms. The van der Waals surface area contributed by atoms with Crippen LogP contribution < -0.4 is 10.9 Å². The summed E-state index contributed by atoms with van der Waals surface area (Å²) in [5.74, 6) is -0.304. The zero-order valence-electron chi connectivity index (χ0n) is 9.57. The van der Waals surface area contributed by atoms with E-state index in [2.05, 4.69) is 39.5 Å². The van der Waals surface area contributed by atoms with Crippen molar-refractivity contribution in [3.8, 4) is 0 Å². The van der Waals surface area contributed by atoms with E-state index in [1.807, 2.05) is 25.1 Å². The van der Waals surface area contributed by atoms with Crippen LogP contribution in [-0.4, -0.2) is 19.1 Å². The first-order valence-electron chi connectivity index (χ1n) is 5.63. The molecule has 2 unspecified atom stereocenters. The van der Waals surface area contributed by atoms with Crippen molar-refractivity contribution in [3.05, 3.63) is 33.4 Å². The molecule has 1 fully saturated rings. The van der Waals surface area contributed by atoms with Crippen LogP contribution in [0.4, 0.5) is 0 Å². The number of rotatable bonds is 3. The van der Waals surface area contributed by atoms with Crippen LogP contribution in [0.25, 0.3) is 0 Å². The van der Waals surface area contributed by atoms with E-state index in [1.54, 1.807) is 0 Å². The fourth-order valence-electron chi connectivity index (χ4n) is 1.98. The molecule has 1 aromatic carbocycles. The van der Waals surface area contributed by atoms with E-state index in [-0.39, 0.29) is 17.9 Å². The molecule has 1 heterocycles. The Morgan fingerprint density at radius 1 is 1.59 bits per heavy atom. The first kappa shape index (κ1) is 12.8. The minimum Gasteiger partial charge on any atom is -0.466 e.